The third-order valence-electron chi connectivity index (χ3n) is 3.39. The minimum atomic E-state index is -1.14. The number of carbonyl (C=O) groups is 2. The molecule has 0 fully saturated rings. The molecule has 0 saturated carbocycles. The predicted molar refractivity (Wildman–Crippen MR) is 91.4 cm³/mol. The first-order valence-corrected chi connectivity index (χ1v) is 8.06. The number of thiophene rings is 1. The number of carboxylic acids is 1. The summed E-state index contributed by atoms with van der Waals surface area (Å²) in [5.74, 6) is -1.55. The Hall–Kier alpha value is -2.24. The van der Waals surface area contributed by atoms with Crippen molar-refractivity contribution in [3.8, 4) is 11.1 Å². The summed E-state index contributed by atoms with van der Waals surface area (Å²) in [6.45, 7) is 1.87. The van der Waals surface area contributed by atoms with Gasteiger partial charge in [0.15, 0.2) is 5.78 Å². The van der Waals surface area contributed by atoms with E-state index in [0.29, 0.717) is 9.90 Å². The van der Waals surface area contributed by atoms with Gasteiger partial charge in [-0.1, -0.05) is 23.7 Å². The number of aliphatic carboxylic acids is 1. The zero-order chi connectivity index (χ0) is 16.6. The Kier molecular flexibility index (Phi) is 4.15. The second-order valence-electron chi connectivity index (χ2n) is 5.11. The zero-order valence-electron chi connectivity index (χ0n) is 12.2. The number of hydrogen-bond donors (Lipinski definition) is 1. The summed E-state index contributed by atoms with van der Waals surface area (Å²) in [5, 5.41) is 10.4. The number of carboxylic acid groups (broad SMARTS) is 1. The van der Waals surface area contributed by atoms with Gasteiger partial charge in [-0.15, -0.1) is 11.3 Å². The number of aromatic nitrogens is 1. The molecule has 0 amide bonds. The van der Waals surface area contributed by atoms with Crippen molar-refractivity contribution >= 4 is 44.9 Å². The highest BCUT2D eigenvalue weighted by atomic mass is 35.5. The Labute approximate surface area is 141 Å². The summed E-state index contributed by atoms with van der Waals surface area (Å²) >= 11 is 7.16. The number of nitrogens with zero attached hydrogens (tertiary/aromatic N) is 1. The number of carbonyl (C=O) groups excluding carboxylic acids is 1. The minimum absolute atomic E-state index is 0.414. The zero-order valence-corrected chi connectivity index (χ0v) is 13.7. The Morgan fingerprint density at radius 2 is 1.87 bits per heavy atom. The monoisotopic (exact) mass is 345 g/mol. The summed E-state index contributed by atoms with van der Waals surface area (Å²) in [7, 11) is 0. The number of halogens is 1. The molecule has 116 valence electrons. The number of pyridine rings is 1. The average molecular weight is 346 g/mol. The molecule has 0 saturated heterocycles. The van der Waals surface area contributed by atoms with Crippen LogP contribution in [0, 0.1) is 6.92 Å². The lowest BCUT2D eigenvalue weighted by molar-refractivity contribution is -0.135. The van der Waals surface area contributed by atoms with Gasteiger partial charge < -0.3 is 5.11 Å². The molecule has 0 bridgehead atoms. The van der Waals surface area contributed by atoms with Crippen molar-refractivity contribution in [3.63, 3.8) is 0 Å². The first-order valence-electron chi connectivity index (χ1n) is 6.87. The molecule has 0 spiro atoms. The third-order valence-corrected chi connectivity index (χ3v) is 4.79. The minimum Gasteiger partial charge on any atom is -0.481 e. The first-order chi connectivity index (χ1) is 11.0. The SMILES string of the molecule is Cc1ccc2c(-c3ccc(Cl)cc3)c(C(=O)CC(=O)O)sc2n1. The third kappa shape index (κ3) is 3.11. The van der Waals surface area contributed by atoms with Crippen LogP contribution in [-0.2, 0) is 4.79 Å². The van der Waals surface area contributed by atoms with E-state index >= 15 is 0 Å². The van der Waals surface area contributed by atoms with E-state index in [-0.39, 0.29) is 0 Å². The molecule has 1 N–H and O–H groups in total. The molecule has 1 aromatic carbocycles. The van der Waals surface area contributed by atoms with Gasteiger partial charge in [-0.25, -0.2) is 4.98 Å². The maximum Gasteiger partial charge on any atom is 0.311 e. The molecule has 0 radical (unpaired) electrons. The van der Waals surface area contributed by atoms with Crippen LogP contribution in [0.15, 0.2) is 36.4 Å². The van der Waals surface area contributed by atoms with E-state index in [1.165, 1.54) is 11.3 Å². The quantitative estimate of drug-likeness (QED) is 0.555. The summed E-state index contributed by atoms with van der Waals surface area (Å²) in [5.41, 5.74) is 2.39. The Morgan fingerprint density at radius 3 is 2.52 bits per heavy atom. The van der Waals surface area contributed by atoms with Crippen LogP contribution < -0.4 is 0 Å². The molecular weight excluding hydrogens is 334 g/mol. The van der Waals surface area contributed by atoms with Crippen LogP contribution in [0.5, 0.6) is 0 Å². The molecule has 23 heavy (non-hydrogen) atoms. The molecule has 2 heterocycles. The molecule has 0 aliphatic rings. The van der Waals surface area contributed by atoms with Crippen LogP contribution in [0.1, 0.15) is 21.8 Å². The molecule has 3 rings (SSSR count). The summed E-state index contributed by atoms with van der Waals surface area (Å²) < 4.78 is 0. The average Bonchev–Trinajstić information content (AvgIpc) is 2.86. The van der Waals surface area contributed by atoms with Crippen LogP contribution in [0.4, 0.5) is 0 Å². The Balaban J connectivity index is 2.25. The van der Waals surface area contributed by atoms with Gasteiger partial charge in [0.1, 0.15) is 11.3 Å². The van der Waals surface area contributed by atoms with Crippen LogP contribution in [-0.4, -0.2) is 21.8 Å². The molecule has 6 heteroatoms. The van der Waals surface area contributed by atoms with Crippen molar-refractivity contribution in [1.82, 2.24) is 4.98 Å². The number of benzene rings is 1. The van der Waals surface area contributed by atoms with Crippen molar-refractivity contribution in [2.75, 3.05) is 0 Å². The van der Waals surface area contributed by atoms with E-state index < -0.39 is 18.2 Å². The topological polar surface area (TPSA) is 67.3 Å². The fraction of sp³-hybridized carbons (Fsp3) is 0.118. The molecular formula is C17H12ClNO3S. The van der Waals surface area contributed by atoms with Gasteiger partial charge in [0.25, 0.3) is 0 Å². The van der Waals surface area contributed by atoms with Crippen molar-refractivity contribution in [2.45, 2.75) is 13.3 Å². The molecule has 4 nitrogen and oxygen atoms in total. The van der Waals surface area contributed by atoms with Crippen molar-refractivity contribution in [1.29, 1.82) is 0 Å². The van der Waals surface area contributed by atoms with Crippen molar-refractivity contribution in [2.24, 2.45) is 0 Å². The highest BCUT2D eigenvalue weighted by Crippen LogP contribution is 2.39. The van der Waals surface area contributed by atoms with E-state index in [1.54, 1.807) is 12.1 Å². The van der Waals surface area contributed by atoms with Gasteiger partial charge in [-0.05, 0) is 36.8 Å². The van der Waals surface area contributed by atoms with Gasteiger partial charge in [-0.2, -0.15) is 0 Å². The largest absolute Gasteiger partial charge is 0.481 e. The smallest absolute Gasteiger partial charge is 0.311 e. The Morgan fingerprint density at radius 1 is 1.17 bits per heavy atom. The van der Waals surface area contributed by atoms with E-state index in [0.717, 1.165) is 27.0 Å². The number of ketones is 1. The Bertz CT molecular complexity index is 915. The fourth-order valence-corrected chi connectivity index (χ4v) is 3.69. The molecule has 2 aromatic heterocycles. The summed E-state index contributed by atoms with van der Waals surface area (Å²) in [6.07, 6.45) is -0.535. The summed E-state index contributed by atoms with van der Waals surface area (Å²) in [6, 6.07) is 10.9. The van der Waals surface area contributed by atoms with Crippen LogP contribution in [0.25, 0.3) is 21.3 Å². The number of Topliss-reactive ketones (excluding diaryl/α,β-unsaturated/α-hetero) is 1. The highest BCUT2D eigenvalue weighted by Gasteiger charge is 2.22. The number of aryl methyl sites for hydroxylation is 1. The number of fused-ring (bicyclic) bond motifs is 1. The number of rotatable bonds is 4. The highest BCUT2D eigenvalue weighted by molar-refractivity contribution is 7.21. The fourth-order valence-electron chi connectivity index (χ4n) is 2.39. The maximum absolute atomic E-state index is 12.3. The van der Waals surface area contributed by atoms with Crippen LogP contribution in [0.3, 0.4) is 0 Å². The van der Waals surface area contributed by atoms with Gasteiger partial charge in [0.05, 0.1) is 4.88 Å². The molecule has 0 aliphatic heterocycles. The second-order valence-corrected chi connectivity index (χ2v) is 6.55. The van der Waals surface area contributed by atoms with E-state index in [2.05, 4.69) is 4.98 Å². The maximum atomic E-state index is 12.3. The summed E-state index contributed by atoms with van der Waals surface area (Å²) in [4.78, 5) is 28.8. The van der Waals surface area contributed by atoms with Crippen molar-refractivity contribution < 1.29 is 14.7 Å². The lowest BCUT2D eigenvalue weighted by Crippen LogP contribution is -2.06. The van der Waals surface area contributed by atoms with Crippen molar-refractivity contribution in [3.05, 3.63) is 52.0 Å². The van der Waals surface area contributed by atoms with E-state index in [4.69, 9.17) is 16.7 Å². The molecule has 0 atom stereocenters. The number of hydrogen-bond acceptors (Lipinski definition) is 4. The van der Waals surface area contributed by atoms with E-state index in [1.807, 2.05) is 31.2 Å². The van der Waals surface area contributed by atoms with Crippen LogP contribution in [0.2, 0.25) is 5.02 Å². The van der Waals surface area contributed by atoms with Crippen LogP contribution >= 0.6 is 22.9 Å². The standard InChI is InChI=1S/C17H12ClNO3S/c1-9-2-7-12-15(10-3-5-11(18)6-4-10)16(23-17(12)19-9)13(20)8-14(21)22/h2-7H,8H2,1H3,(H,21,22). The van der Waals surface area contributed by atoms with Gasteiger partial charge in [0.2, 0.25) is 0 Å². The predicted octanol–water partition coefficient (Wildman–Crippen LogP) is 4.58. The molecule has 3 aromatic rings. The first kappa shape index (κ1) is 15.6. The lowest BCUT2D eigenvalue weighted by atomic mass is 10.0. The second kappa shape index (κ2) is 6.10. The van der Waals surface area contributed by atoms with Gasteiger partial charge in [-0.3, -0.25) is 9.59 Å². The normalized spacial score (nSPS) is 10.9. The van der Waals surface area contributed by atoms with E-state index in [9.17, 15) is 9.59 Å². The molecule has 0 aliphatic carbocycles. The molecule has 0 unspecified atom stereocenters. The lowest BCUT2D eigenvalue weighted by Gasteiger charge is -2.04. The van der Waals surface area contributed by atoms with Gasteiger partial charge in [0, 0.05) is 21.7 Å². The van der Waals surface area contributed by atoms with Gasteiger partial charge >= 0.3 is 5.97 Å².